The number of H-pyrrole nitrogens is 1. The molecule has 0 unspecified atom stereocenters. The quantitative estimate of drug-likeness (QED) is 0.526. The molecule has 0 spiro atoms. The predicted octanol–water partition coefficient (Wildman–Crippen LogP) is 2.01. The number of hydrogen-bond donors (Lipinski definition) is 1. The minimum absolute atomic E-state index is 0.0204. The fraction of sp³-hybridized carbons (Fsp3) is 0.350. The van der Waals surface area contributed by atoms with E-state index in [1.165, 1.54) is 11.8 Å². The Hall–Kier alpha value is -2.94. The highest BCUT2D eigenvalue weighted by Crippen LogP contribution is 2.36. The van der Waals surface area contributed by atoms with Crippen LogP contribution < -0.4 is 5.56 Å². The van der Waals surface area contributed by atoms with Gasteiger partial charge in [0.15, 0.2) is 5.16 Å². The molecule has 29 heavy (non-hydrogen) atoms. The zero-order chi connectivity index (χ0) is 20.0. The van der Waals surface area contributed by atoms with E-state index in [1.54, 1.807) is 24.8 Å². The van der Waals surface area contributed by atoms with Crippen LogP contribution in [0.5, 0.6) is 0 Å². The maximum Gasteiger partial charge on any atom is 0.261 e. The van der Waals surface area contributed by atoms with Crippen molar-refractivity contribution in [2.75, 3.05) is 19.3 Å². The van der Waals surface area contributed by atoms with Crippen molar-refractivity contribution in [1.29, 1.82) is 0 Å². The molecule has 0 saturated carbocycles. The number of rotatable bonds is 3. The maximum absolute atomic E-state index is 13.0. The molecule has 148 valence electrons. The largest absolute Gasteiger partial charge is 0.344 e. The van der Waals surface area contributed by atoms with Gasteiger partial charge in [-0.15, -0.1) is 0 Å². The molecule has 2 aliphatic heterocycles. The van der Waals surface area contributed by atoms with Crippen molar-refractivity contribution < 1.29 is 4.79 Å². The summed E-state index contributed by atoms with van der Waals surface area (Å²) in [4.78, 5) is 43.6. The molecule has 3 aromatic heterocycles. The molecule has 0 aliphatic carbocycles. The number of fused-ring (bicyclic) bond motifs is 4. The van der Waals surface area contributed by atoms with Crippen molar-refractivity contribution in [3.05, 3.63) is 58.5 Å². The summed E-state index contributed by atoms with van der Waals surface area (Å²) in [7, 11) is 0. The second-order valence-electron chi connectivity index (χ2n) is 7.49. The summed E-state index contributed by atoms with van der Waals surface area (Å²) in [5, 5.41) is 0.651. The Labute approximate surface area is 171 Å². The van der Waals surface area contributed by atoms with Gasteiger partial charge in [-0.25, -0.2) is 15.0 Å². The van der Waals surface area contributed by atoms with Crippen LogP contribution in [0.2, 0.25) is 0 Å². The number of imidazole rings is 1. The summed E-state index contributed by atoms with van der Waals surface area (Å²) >= 11 is 1.45. The van der Waals surface area contributed by atoms with Crippen LogP contribution in [0.25, 0.3) is 11.4 Å². The number of carbonyl (C=O) groups excluding carboxylic acids is 1. The Kier molecular flexibility index (Phi) is 4.46. The molecule has 5 heterocycles. The summed E-state index contributed by atoms with van der Waals surface area (Å²) in [6.07, 6.45) is 9.45. The van der Waals surface area contributed by atoms with Crippen molar-refractivity contribution in [1.82, 2.24) is 29.4 Å². The fourth-order valence-electron chi connectivity index (χ4n) is 4.42. The third-order valence-electron chi connectivity index (χ3n) is 5.70. The number of aromatic amines is 1. The molecule has 3 aromatic rings. The molecular weight excluding hydrogens is 388 g/mol. The van der Waals surface area contributed by atoms with Gasteiger partial charge < -0.3 is 14.5 Å². The van der Waals surface area contributed by atoms with Crippen LogP contribution >= 0.6 is 11.8 Å². The van der Waals surface area contributed by atoms with Crippen molar-refractivity contribution in [2.45, 2.75) is 24.0 Å². The first-order valence-electron chi connectivity index (χ1n) is 9.53. The van der Waals surface area contributed by atoms with Gasteiger partial charge in [0.2, 0.25) is 0 Å². The van der Waals surface area contributed by atoms with E-state index in [2.05, 4.69) is 19.9 Å². The lowest BCUT2D eigenvalue weighted by Gasteiger charge is -2.42. The third-order valence-corrected chi connectivity index (χ3v) is 6.28. The number of nitrogens with zero attached hydrogens (tertiary/aromatic N) is 5. The van der Waals surface area contributed by atoms with E-state index in [0.717, 1.165) is 12.1 Å². The molecular formula is C20H20N6O2S. The van der Waals surface area contributed by atoms with Gasteiger partial charge in [0.1, 0.15) is 5.82 Å². The smallest absolute Gasteiger partial charge is 0.261 e. The molecule has 2 aliphatic rings. The summed E-state index contributed by atoms with van der Waals surface area (Å²) in [5.41, 5.74) is 2.06. The van der Waals surface area contributed by atoms with Crippen molar-refractivity contribution >= 4 is 17.7 Å². The van der Waals surface area contributed by atoms with E-state index in [4.69, 9.17) is 0 Å². The molecule has 1 amide bonds. The number of likely N-dealkylation sites (tertiary alicyclic amines) is 1. The average Bonchev–Trinajstić information content (AvgIpc) is 3.28. The lowest BCUT2D eigenvalue weighted by Crippen LogP contribution is -2.49. The van der Waals surface area contributed by atoms with Crippen LogP contribution in [-0.2, 0) is 6.54 Å². The Bertz CT molecular complexity index is 1110. The van der Waals surface area contributed by atoms with E-state index in [9.17, 15) is 9.59 Å². The van der Waals surface area contributed by atoms with Gasteiger partial charge >= 0.3 is 0 Å². The molecule has 1 saturated heterocycles. The van der Waals surface area contributed by atoms with Crippen LogP contribution in [-0.4, -0.2) is 54.7 Å². The zero-order valence-electron chi connectivity index (χ0n) is 15.9. The van der Waals surface area contributed by atoms with Crippen molar-refractivity contribution in [3.63, 3.8) is 0 Å². The lowest BCUT2D eigenvalue weighted by molar-refractivity contribution is 0.0593. The van der Waals surface area contributed by atoms with E-state index in [0.29, 0.717) is 41.7 Å². The highest BCUT2D eigenvalue weighted by molar-refractivity contribution is 7.98. The van der Waals surface area contributed by atoms with Gasteiger partial charge in [0.05, 0.1) is 11.1 Å². The topological polar surface area (TPSA) is 96.8 Å². The van der Waals surface area contributed by atoms with Gasteiger partial charge in [-0.2, -0.15) is 0 Å². The first-order chi connectivity index (χ1) is 14.1. The van der Waals surface area contributed by atoms with Gasteiger partial charge in [-0.05, 0) is 30.7 Å². The lowest BCUT2D eigenvalue weighted by atomic mass is 9.82. The van der Waals surface area contributed by atoms with E-state index in [1.807, 2.05) is 27.9 Å². The predicted molar refractivity (Wildman–Crippen MR) is 109 cm³/mol. The minimum atomic E-state index is -0.0460. The number of nitrogens with one attached hydrogen (secondary N) is 1. The highest BCUT2D eigenvalue weighted by Gasteiger charge is 2.37. The third kappa shape index (κ3) is 3.15. The molecule has 2 bridgehead atoms. The van der Waals surface area contributed by atoms with Gasteiger partial charge in [-0.1, -0.05) is 11.8 Å². The second kappa shape index (κ2) is 7.14. The van der Waals surface area contributed by atoms with Gasteiger partial charge in [0.25, 0.3) is 11.5 Å². The zero-order valence-corrected chi connectivity index (χ0v) is 16.7. The average molecular weight is 408 g/mol. The summed E-state index contributed by atoms with van der Waals surface area (Å²) < 4.78 is 1.87. The Balaban J connectivity index is 1.43. The standard InChI is InChI=1S/C20H20N6O2S/c1-29-20-23-7-14(8-24-20)18(27)25-9-12-6-13(11-25)16-3-2-15(17-21-4-5-22-17)19(28)26(16)10-12/h2-5,7-8,12-13H,6,9-11H2,1H3,(H,21,22)/t12-,13+/m0/s1. The van der Waals surface area contributed by atoms with Crippen LogP contribution in [0.15, 0.2) is 46.9 Å². The SMILES string of the molecule is CSc1ncc(C(=O)N2C[C@@H]3C[C@H](C2)c2ccc(-c4ncc[nH]4)c(=O)n2C3)cn1. The van der Waals surface area contributed by atoms with Gasteiger partial charge in [0, 0.05) is 56.0 Å². The van der Waals surface area contributed by atoms with Crippen LogP contribution in [0.4, 0.5) is 0 Å². The van der Waals surface area contributed by atoms with Crippen molar-refractivity contribution in [2.24, 2.45) is 5.92 Å². The Morgan fingerprint density at radius 2 is 2.00 bits per heavy atom. The molecule has 1 N–H and O–H groups in total. The van der Waals surface area contributed by atoms with E-state index in [-0.39, 0.29) is 23.3 Å². The van der Waals surface area contributed by atoms with Crippen LogP contribution in [0, 0.1) is 5.92 Å². The molecule has 5 rings (SSSR count). The number of aromatic nitrogens is 5. The maximum atomic E-state index is 13.0. The van der Waals surface area contributed by atoms with E-state index < -0.39 is 0 Å². The Morgan fingerprint density at radius 3 is 2.72 bits per heavy atom. The first-order valence-corrected chi connectivity index (χ1v) is 10.8. The van der Waals surface area contributed by atoms with Crippen LogP contribution in [0.1, 0.15) is 28.4 Å². The van der Waals surface area contributed by atoms with E-state index >= 15 is 0 Å². The number of amides is 1. The number of pyridine rings is 1. The second-order valence-corrected chi connectivity index (χ2v) is 8.27. The normalized spacial score (nSPS) is 20.4. The molecule has 9 heteroatoms. The monoisotopic (exact) mass is 408 g/mol. The fourth-order valence-corrected chi connectivity index (χ4v) is 4.74. The molecule has 0 radical (unpaired) electrons. The summed E-state index contributed by atoms with van der Waals surface area (Å²) in [6, 6.07) is 3.84. The van der Waals surface area contributed by atoms with Crippen molar-refractivity contribution in [3.8, 4) is 11.4 Å². The van der Waals surface area contributed by atoms with Gasteiger partial charge in [-0.3, -0.25) is 9.59 Å². The minimum Gasteiger partial charge on any atom is -0.344 e. The Morgan fingerprint density at radius 1 is 1.17 bits per heavy atom. The molecule has 0 aromatic carbocycles. The number of piperidine rings is 1. The summed E-state index contributed by atoms with van der Waals surface area (Å²) in [6.45, 7) is 1.85. The number of hydrogen-bond acceptors (Lipinski definition) is 6. The molecule has 8 nitrogen and oxygen atoms in total. The number of carbonyl (C=O) groups is 1. The molecule has 2 atom stereocenters. The summed E-state index contributed by atoms with van der Waals surface area (Å²) in [5.74, 6) is 0.944. The molecule has 1 fully saturated rings. The van der Waals surface area contributed by atoms with Crippen LogP contribution in [0.3, 0.4) is 0 Å². The highest BCUT2D eigenvalue weighted by atomic mass is 32.2. The first kappa shape index (κ1) is 18.1. The number of thioether (sulfide) groups is 1.